The number of aliphatic carboxylic acids is 1. The maximum Gasteiger partial charge on any atom is 0.320 e. The molecular weight excluding hydrogens is 260 g/mol. The topological polar surface area (TPSA) is 43.8 Å². The number of thioether (sulfide) groups is 1. The van der Waals surface area contributed by atoms with Crippen LogP contribution < -0.4 is 0 Å². The van der Waals surface area contributed by atoms with Crippen LogP contribution in [0.4, 0.5) is 0 Å². The summed E-state index contributed by atoms with van der Waals surface area (Å²) in [5.41, 5.74) is 0.395. The Kier molecular flexibility index (Phi) is 4.79. The second-order valence-electron chi connectivity index (χ2n) is 6.42. The van der Waals surface area contributed by atoms with Crippen LogP contribution in [-0.4, -0.2) is 70.6 Å². The standard InChI is InChI=1S/C14H26N2O2S/c1-11(13(17)18)15-5-7-16(8-6-15)12-10-19-9-4-14(12,2)3/h11-12H,4-10H2,1-3H3,(H,17,18). The lowest BCUT2D eigenvalue weighted by Crippen LogP contribution is -2.58. The summed E-state index contributed by atoms with van der Waals surface area (Å²) in [5.74, 6) is 1.79. The van der Waals surface area contributed by atoms with Crippen molar-refractivity contribution >= 4 is 17.7 Å². The largest absolute Gasteiger partial charge is 0.480 e. The molecule has 2 atom stereocenters. The minimum atomic E-state index is -0.706. The number of hydrogen-bond donors (Lipinski definition) is 1. The minimum absolute atomic E-state index is 0.351. The number of rotatable bonds is 3. The number of nitrogens with zero attached hydrogens (tertiary/aromatic N) is 2. The van der Waals surface area contributed by atoms with Crippen molar-refractivity contribution in [3.8, 4) is 0 Å². The van der Waals surface area contributed by atoms with Crippen LogP contribution in [0.5, 0.6) is 0 Å². The Hall–Kier alpha value is -0.260. The molecule has 1 N–H and O–H groups in total. The molecule has 2 rings (SSSR count). The molecule has 0 aliphatic carbocycles. The third kappa shape index (κ3) is 3.44. The summed E-state index contributed by atoms with van der Waals surface area (Å²) in [6, 6.07) is 0.296. The fraction of sp³-hybridized carbons (Fsp3) is 0.929. The zero-order valence-electron chi connectivity index (χ0n) is 12.3. The minimum Gasteiger partial charge on any atom is -0.480 e. The van der Waals surface area contributed by atoms with Gasteiger partial charge in [0.15, 0.2) is 0 Å². The van der Waals surface area contributed by atoms with Gasteiger partial charge in [0.25, 0.3) is 0 Å². The molecule has 2 aliphatic rings. The second-order valence-corrected chi connectivity index (χ2v) is 7.57. The maximum atomic E-state index is 11.0. The highest BCUT2D eigenvalue weighted by atomic mass is 32.2. The molecule has 2 heterocycles. The van der Waals surface area contributed by atoms with Gasteiger partial charge < -0.3 is 5.11 Å². The quantitative estimate of drug-likeness (QED) is 0.854. The van der Waals surface area contributed by atoms with E-state index in [0.29, 0.717) is 11.5 Å². The predicted molar refractivity (Wildman–Crippen MR) is 79.8 cm³/mol. The van der Waals surface area contributed by atoms with Gasteiger partial charge in [-0.3, -0.25) is 14.6 Å². The molecule has 2 unspecified atom stereocenters. The van der Waals surface area contributed by atoms with Gasteiger partial charge in [0.05, 0.1) is 0 Å². The van der Waals surface area contributed by atoms with Gasteiger partial charge in [0.1, 0.15) is 6.04 Å². The summed E-state index contributed by atoms with van der Waals surface area (Å²) < 4.78 is 0. The van der Waals surface area contributed by atoms with Crippen molar-refractivity contribution in [1.29, 1.82) is 0 Å². The number of carbonyl (C=O) groups is 1. The molecule has 0 bridgehead atoms. The zero-order valence-corrected chi connectivity index (χ0v) is 13.1. The Morgan fingerprint density at radius 3 is 2.47 bits per heavy atom. The highest BCUT2D eigenvalue weighted by Crippen LogP contribution is 2.37. The van der Waals surface area contributed by atoms with Crippen LogP contribution in [0, 0.1) is 5.41 Å². The summed E-state index contributed by atoms with van der Waals surface area (Å²) in [4.78, 5) is 15.7. The molecule has 2 aliphatic heterocycles. The van der Waals surface area contributed by atoms with Gasteiger partial charge >= 0.3 is 5.97 Å². The average Bonchev–Trinajstić information content (AvgIpc) is 2.37. The van der Waals surface area contributed by atoms with E-state index < -0.39 is 5.97 Å². The van der Waals surface area contributed by atoms with Crippen molar-refractivity contribution in [1.82, 2.24) is 9.80 Å². The van der Waals surface area contributed by atoms with Crippen LogP contribution in [0.1, 0.15) is 27.2 Å². The van der Waals surface area contributed by atoms with Gasteiger partial charge in [-0.25, -0.2) is 0 Å². The van der Waals surface area contributed by atoms with E-state index in [2.05, 4.69) is 35.4 Å². The van der Waals surface area contributed by atoms with E-state index in [0.717, 1.165) is 26.2 Å². The first-order chi connectivity index (χ1) is 8.92. The summed E-state index contributed by atoms with van der Waals surface area (Å²) in [6.45, 7) is 10.3. The lowest BCUT2D eigenvalue weighted by molar-refractivity contribution is -0.143. The number of carboxylic acid groups (broad SMARTS) is 1. The van der Waals surface area contributed by atoms with E-state index in [4.69, 9.17) is 5.11 Å². The first kappa shape index (κ1) is 15.1. The van der Waals surface area contributed by atoms with Gasteiger partial charge in [-0.05, 0) is 24.5 Å². The first-order valence-corrected chi connectivity index (χ1v) is 8.36. The molecule has 0 aromatic carbocycles. The molecule has 0 radical (unpaired) electrons. The van der Waals surface area contributed by atoms with E-state index in [-0.39, 0.29) is 6.04 Å². The van der Waals surface area contributed by atoms with Crippen LogP contribution in [0.15, 0.2) is 0 Å². The van der Waals surface area contributed by atoms with Crippen molar-refractivity contribution < 1.29 is 9.90 Å². The average molecular weight is 286 g/mol. The van der Waals surface area contributed by atoms with Crippen LogP contribution in [0.25, 0.3) is 0 Å². The van der Waals surface area contributed by atoms with Gasteiger partial charge in [0, 0.05) is 38.0 Å². The number of hydrogen-bond acceptors (Lipinski definition) is 4. The molecule has 110 valence electrons. The van der Waals surface area contributed by atoms with Crippen LogP contribution in [-0.2, 0) is 4.79 Å². The normalized spacial score (nSPS) is 31.0. The third-order valence-electron chi connectivity index (χ3n) is 4.76. The highest BCUT2D eigenvalue weighted by molar-refractivity contribution is 7.99. The molecule has 5 heteroatoms. The smallest absolute Gasteiger partial charge is 0.320 e. The summed E-state index contributed by atoms with van der Waals surface area (Å²) in [6.07, 6.45) is 1.29. The molecule has 4 nitrogen and oxygen atoms in total. The van der Waals surface area contributed by atoms with Crippen LogP contribution >= 0.6 is 11.8 Å². The molecule has 2 saturated heterocycles. The van der Waals surface area contributed by atoms with Crippen LogP contribution in [0.3, 0.4) is 0 Å². The number of carboxylic acids is 1. The highest BCUT2D eigenvalue weighted by Gasteiger charge is 2.38. The molecule has 0 spiro atoms. The Bertz CT molecular complexity index is 327. The van der Waals surface area contributed by atoms with E-state index in [9.17, 15) is 4.79 Å². The van der Waals surface area contributed by atoms with Gasteiger partial charge in [-0.15, -0.1) is 0 Å². The molecule has 2 fully saturated rings. The van der Waals surface area contributed by atoms with Crippen LogP contribution in [0.2, 0.25) is 0 Å². The maximum absolute atomic E-state index is 11.0. The lowest BCUT2D eigenvalue weighted by Gasteiger charge is -2.48. The summed E-state index contributed by atoms with van der Waals surface area (Å²) >= 11 is 2.06. The van der Waals surface area contributed by atoms with E-state index >= 15 is 0 Å². The van der Waals surface area contributed by atoms with Crippen molar-refractivity contribution in [2.75, 3.05) is 37.7 Å². The van der Waals surface area contributed by atoms with Crippen molar-refractivity contribution in [3.05, 3.63) is 0 Å². The van der Waals surface area contributed by atoms with E-state index in [1.54, 1.807) is 6.92 Å². The lowest BCUT2D eigenvalue weighted by atomic mass is 9.81. The Morgan fingerprint density at radius 2 is 1.95 bits per heavy atom. The fourth-order valence-electron chi connectivity index (χ4n) is 3.11. The second kappa shape index (κ2) is 6.02. The van der Waals surface area contributed by atoms with Gasteiger partial charge in [-0.2, -0.15) is 11.8 Å². The van der Waals surface area contributed by atoms with E-state index in [1.807, 2.05) is 0 Å². The SMILES string of the molecule is CC(C(=O)O)N1CCN(C2CSCCC2(C)C)CC1. The predicted octanol–water partition coefficient (Wildman–Crippen LogP) is 1.61. The molecule has 19 heavy (non-hydrogen) atoms. The monoisotopic (exact) mass is 286 g/mol. The Balaban J connectivity index is 1.90. The molecular formula is C14H26N2O2S. The fourth-order valence-corrected chi connectivity index (χ4v) is 4.84. The molecule has 0 amide bonds. The molecule has 0 saturated carbocycles. The summed E-state index contributed by atoms with van der Waals surface area (Å²) in [7, 11) is 0. The Labute approximate surface area is 120 Å². The van der Waals surface area contributed by atoms with Gasteiger partial charge in [-0.1, -0.05) is 13.8 Å². The summed E-state index contributed by atoms with van der Waals surface area (Å²) in [5, 5.41) is 9.07. The third-order valence-corrected chi connectivity index (χ3v) is 5.81. The molecule has 0 aromatic rings. The molecule has 0 aromatic heterocycles. The Morgan fingerprint density at radius 1 is 1.32 bits per heavy atom. The van der Waals surface area contributed by atoms with Crippen molar-refractivity contribution in [3.63, 3.8) is 0 Å². The van der Waals surface area contributed by atoms with Gasteiger partial charge in [0.2, 0.25) is 0 Å². The van der Waals surface area contributed by atoms with E-state index in [1.165, 1.54) is 17.9 Å². The zero-order chi connectivity index (χ0) is 14.0. The van der Waals surface area contributed by atoms with Crippen molar-refractivity contribution in [2.45, 2.75) is 39.3 Å². The van der Waals surface area contributed by atoms with Crippen molar-refractivity contribution in [2.24, 2.45) is 5.41 Å². The first-order valence-electron chi connectivity index (χ1n) is 7.20. The number of piperazine rings is 1.